The highest BCUT2D eigenvalue weighted by molar-refractivity contribution is 6.36. The van der Waals surface area contributed by atoms with E-state index in [9.17, 15) is 19.2 Å². The molecule has 29 heavy (non-hydrogen) atoms. The summed E-state index contributed by atoms with van der Waals surface area (Å²) in [6, 6.07) is 10.7. The van der Waals surface area contributed by atoms with E-state index in [1.165, 1.54) is 25.1 Å². The second-order valence-electron chi connectivity index (χ2n) is 5.77. The lowest BCUT2D eigenvalue weighted by molar-refractivity contribution is -0.146. The maximum absolute atomic E-state index is 12.0. The van der Waals surface area contributed by atoms with Gasteiger partial charge in [-0.05, 0) is 42.5 Å². The quantitative estimate of drug-likeness (QED) is 0.576. The van der Waals surface area contributed by atoms with Crippen molar-refractivity contribution >= 4 is 58.3 Å². The van der Waals surface area contributed by atoms with E-state index in [4.69, 9.17) is 27.9 Å². The van der Waals surface area contributed by atoms with Gasteiger partial charge in [0.1, 0.15) is 6.54 Å². The summed E-state index contributed by atoms with van der Waals surface area (Å²) >= 11 is 11.7. The van der Waals surface area contributed by atoms with E-state index in [1.807, 2.05) is 0 Å². The number of esters is 1. The second kappa shape index (κ2) is 10.4. The molecule has 0 unspecified atom stereocenters. The molecule has 3 amide bonds. The summed E-state index contributed by atoms with van der Waals surface area (Å²) in [6.07, 6.45) is 0. The van der Waals surface area contributed by atoms with Crippen LogP contribution in [0.5, 0.6) is 0 Å². The molecule has 10 heteroatoms. The summed E-state index contributed by atoms with van der Waals surface area (Å²) in [7, 11) is 0. The van der Waals surface area contributed by atoms with Crippen LogP contribution in [-0.2, 0) is 19.1 Å². The number of anilines is 2. The number of carbonyl (C=O) groups excluding carboxylic acids is 4. The highest BCUT2D eigenvalue weighted by atomic mass is 35.5. The Morgan fingerprint density at radius 2 is 1.55 bits per heavy atom. The van der Waals surface area contributed by atoms with E-state index in [2.05, 4.69) is 16.0 Å². The molecule has 0 aliphatic heterocycles. The standard InChI is InChI=1S/C19H17Cl2N3O5/c1-11(25)23-13-3-5-14(6-4-13)24-17(26)10-29-18(27)9-22-19(28)15-7-2-12(20)8-16(15)21/h2-8H,9-10H2,1H3,(H,22,28)(H,23,25)(H,24,26). The van der Waals surface area contributed by atoms with Crippen LogP contribution in [0.25, 0.3) is 0 Å². The topological polar surface area (TPSA) is 114 Å². The van der Waals surface area contributed by atoms with Gasteiger partial charge in [-0.1, -0.05) is 23.2 Å². The first-order valence-electron chi connectivity index (χ1n) is 8.31. The molecule has 0 aromatic heterocycles. The number of hydrogen-bond acceptors (Lipinski definition) is 5. The van der Waals surface area contributed by atoms with Crippen LogP contribution in [-0.4, -0.2) is 36.8 Å². The highest BCUT2D eigenvalue weighted by Gasteiger charge is 2.13. The molecule has 8 nitrogen and oxygen atoms in total. The van der Waals surface area contributed by atoms with Gasteiger partial charge in [0, 0.05) is 23.3 Å². The average molecular weight is 438 g/mol. The largest absolute Gasteiger partial charge is 0.454 e. The molecule has 2 rings (SSSR count). The smallest absolute Gasteiger partial charge is 0.325 e. The number of rotatable bonds is 7. The zero-order valence-corrected chi connectivity index (χ0v) is 16.8. The van der Waals surface area contributed by atoms with Crippen LogP contribution in [0.2, 0.25) is 10.0 Å². The molecule has 0 bridgehead atoms. The van der Waals surface area contributed by atoms with Gasteiger partial charge in [0.25, 0.3) is 11.8 Å². The fraction of sp³-hybridized carbons (Fsp3) is 0.158. The third-order valence-corrected chi connectivity index (χ3v) is 3.97. The second-order valence-corrected chi connectivity index (χ2v) is 6.62. The zero-order chi connectivity index (χ0) is 21.4. The van der Waals surface area contributed by atoms with Crippen molar-refractivity contribution in [2.24, 2.45) is 0 Å². The average Bonchev–Trinajstić information content (AvgIpc) is 2.65. The summed E-state index contributed by atoms with van der Waals surface area (Å²) in [5.41, 5.74) is 1.20. The molecule has 2 aromatic rings. The van der Waals surface area contributed by atoms with Crippen molar-refractivity contribution in [2.45, 2.75) is 6.92 Å². The normalized spacial score (nSPS) is 10.0. The first-order chi connectivity index (χ1) is 13.7. The molecule has 0 atom stereocenters. The van der Waals surface area contributed by atoms with Gasteiger partial charge in [0.2, 0.25) is 5.91 Å². The summed E-state index contributed by atoms with van der Waals surface area (Å²) in [5, 5.41) is 8.00. The van der Waals surface area contributed by atoms with Gasteiger partial charge in [-0.2, -0.15) is 0 Å². The van der Waals surface area contributed by atoms with Crippen LogP contribution in [0.1, 0.15) is 17.3 Å². The van der Waals surface area contributed by atoms with Crippen molar-refractivity contribution in [3.63, 3.8) is 0 Å². The number of carbonyl (C=O) groups is 4. The molecule has 0 saturated carbocycles. The van der Waals surface area contributed by atoms with Crippen LogP contribution in [0.15, 0.2) is 42.5 Å². The molecule has 0 heterocycles. The van der Waals surface area contributed by atoms with Gasteiger partial charge < -0.3 is 20.7 Å². The van der Waals surface area contributed by atoms with Gasteiger partial charge in [-0.3, -0.25) is 19.2 Å². The van der Waals surface area contributed by atoms with E-state index < -0.39 is 30.9 Å². The van der Waals surface area contributed by atoms with Crippen LogP contribution >= 0.6 is 23.2 Å². The molecule has 3 N–H and O–H groups in total. The van der Waals surface area contributed by atoms with Crippen molar-refractivity contribution in [3.05, 3.63) is 58.1 Å². The molecule has 0 aliphatic carbocycles. The van der Waals surface area contributed by atoms with Gasteiger partial charge in [0.15, 0.2) is 6.61 Å². The number of amides is 3. The van der Waals surface area contributed by atoms with Crippen molar-refractivity contribution in [1.29, 1.82) is 0 Å². The number of benzene rings is 2. The number of hydrogen-bond donors (Lipinski definition) is 3. The van der Waals surface area contributed by atoms with Crippen molar-refractivity contribution < 1.29 is 23.9 Å². The van der Waals surface area contributed by atoms with Crippen LogP contribution in [0.4, 0.5) is 11.4 Å². The SMILES string of the molecule is CC(=O)Nc1ccc(NC(=O)COC(=O)CNC(=O)c2ccc(Cl)cc2Cl)cc1. The maximum Gasteiger partial charge on any atom is 0.325 e. The number of ether oxygens (including phenoxy) is 1. The lowest BCUT2D eigenvalue weighted by Gasteiger charge is -2.09. The third-order valence-electron chi connectivity index (χ3n) is 3.42. The molecule has 0 aliphatic rings. The zero-order valence-electron chi connectivity index (χ0n) is 15.3. The molecule has 0 fully saturated rings. The molecule has 152 valence electrons. The first-order valence-corrected chi connectivity index (χ1v) is 9.06. The monoisotopic (exact) mass is 437 g/mol. The third kappa shape index (κ3) is 7.44. The van der Waals surface area contributed by atoms with E-state index in [1.54, 1.807) is 24.3 Å². The lowest BCUT2D eigenvalue weighted by Crippen LogP contribution is -2.32. The molecular weight excluding hydrogens is 421 g/mol. The van der Waals surface area contributed by atoms with Gasteiger partial charge in [-0.15, -0.1) is 0 Å². The highest BCUT2D eigenvalue weighted by Crippen LogP contribution is 2.20. The molecule has 2 aromatic carbocycles. The van der Waals surface area contributed by atoms with E-state index >= 15 is 0 Å². The Labute approximate surface area is 176 Å². The van der Waals surface area contributed by atoms with Crippen LogP contribution in [0, 0.1) is 0 Å². The molecule has 0 radical (unpaired) electrons. The summed E-state index contributed by atoms with van der Waals surface area (Å²) < 4.78 is 4.81. The first kappa shape index (κ1) is 22.2. The number of halogens is 2. The van der Waals surface area contributed by atoms with E-state index in [0.29, 0.717) is 16.4 Å². The molecular formula is C19H17Cl2N3O5. The van der Waals surface area contributed by atoms with Gasteiger partial charge in [-0.25, -0.2) is 0 Å². The fourth-order valence-corrected chi connectivity index (χ4v) is 2.65. The van der Waals surface area contributed by atoms with E-state index in [0.717, 1.165) is 0 Å². The van der Waals surface area contributed by atoms with Gasteiger partial charge in [0.05, 0.1) is 10.6 Å². The van der Waals surface area contributed by atoms with Crippen LogP contribution in [0.3, 0.4) is 0 Å². The minimum Gasteiger partial charge on any atom is -0.454 e. The molecule has 0 spiro atoms. The Kier molecular flexibility index (Phi) is 7.99. The predicted octanol–water partition coefficient (Wildman–Crippen LogP) is 2.86. The lowest BCUT2D eigenvalue weighted by atomic mass is 10.2. The fourth-order valence-electron chi connectivity index (χ4n) is 2.16. The minimum absolute atomic E-state index is 0.146. The van der Waals surface area contributed by atoms with Crippen molar-refractivity contribution in [3.8, 4) is 0 Å². The van der Waals surface area contributed by atoms with Crippen molar-refractivity contribution in [2.75, 3.05) is 23.8 Å². The van der Waals surface area contributed by atoms with E-state index in [-0.39, 0.29) is 16.5 Å². The summed E-state index contributed by atoms with van der Waals surface area (Å²) in [5.74, 6) is -2.14. The Bertz CT molecular complexity index is 932. The Balaban J connectivity index is 1.74. The minimum atomic E-state index is -0.792. The Hall–Kier alpha value is -3.10. The Morgan fingerprint density at radius 3 is 2.14 bits per heavy atom. The number of nitrogens with one attached hydrogen (secondary N) is 3. The Morgan fingerprint density at radius 1 is 0.931 bits per heavy atom. The summed E-state index contributed by atoms with van der Waals surface area (Å²) in [4.78, 5) is 46.5. The maximum atomic E-state index is 12.0. The van der Waals surface area contributed by atoms with Crippen LogP contribution < -0.4 is 16.0 Å². The predicted molar refractivity (Wildman–Crippen MR) is 109 cm³/mol. The van der Waals surface area contributed by atoms with Crippen molar-refractivity contribution in [1.82, 2.24) is 5.32 Å². The van der Waals surface area contributed by atoms with Gasteiger partial charge >= 0.3 is 5.97 Å². The summed E-state index contributed by atoms with van der Waals surface area (Å²) in [6.45, 7) is 0.427. The molecule has 0 saturated heterocycles.